The molecule has 2 amide bonds. The first kappa shape index (κ1) is 19.7. The average Bonchev–Trinajstić information content (AvgIpc) is 2.58. The Morgan fingerprint density at radius 2 is 1.83 bits per heavy atom. The molecule has 1 N–H and O–H groups in total. The third-order valence-electron chi connectivity index (χ3n) is 3.88. The van der Waals surface area contributed by atoms with Crippen molar-refractivity contribution in [2.24, 2.45) is 5.41 Å². The molecule has 1 aromatic carbocycles. The minimum absolute atomic E-state index is 0.246. The summed E-state index contributed by atoms with van der Waals surface area (Å²) in [7, 11) is 2.96. The van der Waals surface area contributed by atoms with E-state index in [1.54, 1.807) is 50.1 Å². The van der Waals surface area contributed by atoms with E-state index in [4.69, 9.17) is 4.74 Å². The Balaban J connectivity index is 2.94. The minimum atomic E-state index is -1.24. The normalized spacial score (nSPS) is 10.9. The molecule has 0 aliphatic heterocycles. The van der Waals surface area contributed by atoms with Crippen molar-refractivity contribution >= 4 is 23.5 Å². The molecule has 0 aliphatic rings. The smallest absolute Gasteiger partial charge is 0.339 e. The molecule has 1 rings (SSSR count). The van der Waals surface area contributed by atoms with E-state index in [-0.39, 0.29) is 11.5 Å². The monoisotopic (exact) mass is 334 g/mol. The number of methoxy groups -OCH3 is 1. The third-order valence-corrected chi connectivity index (χ3v) is 3.88. The van der Waals surface area contributed by atoms with Crippen molar-refractivity contribution in [1.82, 2.24) is 4.90 Å². The van der Waals surface area contributed by atoms with E-state index in [1.165, 1.54) is 7.11 Å². The third kappa shape index (κ3) is 4.57. The van der Waals surface area contributed by atoms with E-state index >= 15 is 0 Å². The molecule has 6 heteroatoms. The number of esters is 1. The number of unbranched alkanes of at least 4 members (excludes halogenated alkanes) is 1. The predicted octanol–water partition coefficient (Wildman–Crippen LogP) is 2.70. The molecule has 6 nitrogen and oxygen atoms in total. The summed E-state index contributed by atoms with van der Waals surface area (Å²) < 4.78 is 4.71. The molecule has 0 fully saturated rings. The molecule has 0 unspecified atom stereocenters. The van der Waals surface area contributed by atoms with Gasteiger partial charge in [-0.3, -0.25) is 9.59 Å². The van der Waals surface area contributed by atoms with Gasteiger partial charge in [0.15, 0.2) is 0 Å². The lowest BCUT2D eigenvalue weighted by atomic mass is 9.90. The number of para-hydroxylation sites is 1. The Morgan fingerprint density at radius 3 is 2.42 bits per heavy atom. The first-order chi connectivity index (χ1) is 11.3. The van der Waals surface area contributed by atoms with Crippen LogP contribution >= 0.6 is 0 Å². The summed E-state index contributed by atoms with van der Waals surface area (Å²) >= 11 is 0. The van der Waals surface area contributed by atoms with Gasteiger partial charge in [0.25, 0.3) is 0 Å². The van der Waals surface area contributed by atoms with Crippen LogP contribution in [0.1, 0.15) is 44.0 Å². The van der Waals surface area contributed by atoms with Crippen LogP contribution in [-0.4, -0.2) is 43.4 Å². The molecule has 1 aromatic rings. The largest absolute Gasteiger partial charge is 0.465 e. The maximum Gasteiger partial charge on any atom is 0.339 e. The summed E-state index contributed by atoms with van der Waals surface area (Å²) in [5.41, 5.74) is -0.673. The fraction of sp³-hybridized carbons (Fsp3) is 0.500. The highest BCUT2D eigenvalue weighted by Crippen LogP contribution is 2.24. The molecule has 132 valence electrons. The molecule has 0 heterocycles. The number of nitrogens with one attached hydrogen (secondary N) is 1. The van der Waals surface area contributed by atoms with E-state index in [2.05, 4.69) is 5.32 Å². The Hall–Kier alpha value is -2.37. The Kier molecular flexibility index (Phi) is 6.95. The Labute approximate surface area is 143 Å². The van der Waals surface area contributed by atoms with Gasteiger partial charge in [0.1, 0.15) is 5.41 Å². The van der Waals surface area contributed by atoms with Crippen molar-refractivity contribution < 1.29 is 19.1 Å². The first-order valence-corrected chi connectivity index (χ1v) is 8.00. The van der Waals surface area contributed by atoms with Gasteiger partial charge in [0.2, 0.25) is 11.8 Å². The minimum Gasteiger partial charge on any atom is -0.465 e. The van der Waals surface area contributed by atoms with Crippen LogP contribution in [0.5, 0.6) is 0 Å². The van der Waals surface area contributed by atoms with Crippen LogP contribution in [0.4, 0.5) is 5.69 Å². The van der Waals surface area contributed by atoms with Crippen molar-refractivity contribution in [2.45, 2.75) is 33.6 Å². The lowest BCUT2D eigenvalue weighted by molar-refractivity contribution is -0.145. The van der Waals surface area contributed by atoms with Crippen LogP contribution in [0.25, 0.3) is 0 Å². The second-order valence-electron chi connectivity index (χ2n) is 6.20. The zero-order chi connectivity index (χ0) is 18.3. The molecule has 0 aliphatic carbocycles. The van der Waals surface area contributed by atoms with E-state index < -0.39 is 17.3 Å². The van der Waals surface area contributed by atoms with E-state index in [0.29, 0.717) is 12.2 Å². The van der Waals surface area contributed by atoms with Crippen LogP contribution in [0.3, 0.4) is 0 Å². The number of hydrogen-bond donors (Lipinski definition) is 1. The van der Waals surface area contributed by atoms with Gasteiger partial charge < -0.3 is 15.0 Å². The quantitative estimate of drug-likeness (QED) is 0.614. The highest BCUT2D eigenvalue weighted by molar-refractivity contribution is 6.11. The van der Waals surface area contributed by atoms with Crippen LogP contribution in [-0.2, 0) is 14.3 Å². The van der Waals surface area contributed by atoms with Crippen LogP contribution in [0.2, 0.25) is 0 Å². The van der Waals surface area contributed by atoms with E-state index in [0.717, 1.165) is 12.8 Å². The molecular weight excluding hydrogens is 308 g/mol. The van der Waals surface area contributed by atoms with Crippen molar-refractivity contribution in [2.75, 3.05) is 26.0 Å². The number of rotatable bonds is 7. The number of nitrogens with zero attached hydrogens (tertiary/aromatic N) is 1. The van der Waals surface area contributed by atoms with Gasteiger partial charge in [-0.2, -0.15) is 0 Å². The summed E-state index contributed by atoms with van der Waals surface area (Å²) in [5.74, 6) is -1.27. The fourth-order valence-electron chi connectivity index (χ4n) is 2.23. The summed E-state index contributed by atoms with van der Waals surface area (Å²) in [4.78, 5) is 38.5. The summed E-state index contributed by atoms with van der Waals surface area (Å²) in [6.07, 6.45) is 1.85. The summed E-state index contributed by atoms with van der Waals surface area (Å²) in [6.45, 7) is 5.80. The van der Waals surface area contributed by atoms with Gasteiger partial charge >= 0.3 is 5.97 Å². The first-order valence-electron chi connectivity index (χ1n) is 8.00. The average molecular weight is 334 g/mol. The van der Waals surface area contributed by atoms with Crippen molar-refractivity contribution in [3.8, 4) is 0 Å². The summed E-state index contributed by atoms with van der Waals surface area (Å²) in [6, 6.07) is 6.54. The SMILES string of the molecule is CCCCN(C)C(=O)C(C)(C)C(=O)Nc1ccccc1C(=O)OC. The van der Waals surface area contributed by atoms with Crippen LogP contribution in [0.15, 0.2) is 24.3 Å². The van der Waals surface area contributed by atoms with Gasteiger partial charge in [-0.05, 0) is 32.4 Å². The van der Waals surface area contributed by atoms with Gasteiger partial charge in [0.05, 0.1) is 18.4 Å². The second-order valence-corrected chi connectivity index (χ2v) is 6.20. The fourth-order valence-corrected chi connectivity index (χ4v) is 2.23. The molecular formula is C18H26N2O4. The maximum absolute atomic E-state index is 12.6. The number of ether oxygens (including phenoxy) is 1. The van der Waals surface area contributed by atoms with Crippen LogP contribution in [0, 0.1) is 5.41 Å². The lowest BCUT2D eigenvalue weighted by Crippen LogP contribution is -2.46. The maximum atomic E-state index is 12.6. The highest BCUT2D eigenvalue weighted by atomic mass is 16.5. The number of anilines is 1. The van der Waals surface area contributed by atoms with Gasteiger partial charge in [-0.15, -0.1) is 0 Å². The lowest BCUT2D eigenvalue weighted by Gasteiger charge is -2.28. The van der Waals surface area contributed by atoms with Gasteiger partial charge in [0, 0.05) is 13.6 Å². The van der Waals surface area contributed by atoms with E-state index in [9.17, 15) is 14.4 Å². The van der Waals surface area contributed by atoms with Crippen molar-refractivity contribution in [3.05, 3.63) is 29.8 Å². The number of carbonyl (C=O) groups excluding carboxylic acids is 3. The summed E-state index contributed by atoms with van der Waals surface area (Å²) in [5, 5.41) is 2.67. The van der Waals surface area contributed by atoms with E-state index in [1.807, 2.05) is 6.92 Å². The topological polar surface area (TPSA) is 75.7 Å². The molecule has 0 bridgehead atoms. The second kappa shape index (κ2) is 8.47. The molecule has 0 saturated carbocycles. The van der Waals surface area contributed by atoms with Gasteiger partial charge in [-0.25, -0.2) is 4.79 Å². The number of benzene rings is 1. The molecule has 24 heavy (non-hydrogen) atoms. The number of hydrogen-bond acceptors (Lipinski definition) is 4. The standard InChI is InChI=1S/C18H26N2O4/c1-6-7-12-20(4)17(23)18(2,3)16(22)19-14-11-9-8-10-13(14)15(21)24-5/h8-11H,6-7,12H2,1-5H3,(H,19,22). The zero-order valence-electron chi connectivity index (χ0n) is 15.0. The highest BCUT2D eigenvalue weighted by Gasteiger charge is 2.38. The molecule has 0 spiro atoms. The number of amides is 2. The molecule has 0 radical (unpaired) electrons. The van der Waals surface area contributed by atoms with Crippen molar-refractivity contribution in [1.29, 1.82) is 0 Å². The molecule has 0 aromatic heterocycles. The molecule has 0 saturated heterocycles. The molecule has 0 atom stereocenters. The zero-order valence-corrected chi connectivity index (χ0v) is 15.0. The predicted molar refractivity (Wildman–Crippen MR) is 92.7 cm³/mol. The van der Waals surface area contributed by atoms with Crippen molar-refractivity contribution in [3.63, 3.8) is 0 Å². The Bertz CT molecular complexity index is 611. The Morgan fingerprint density at radius 1 is 1.21 bits per heavy atom. The van der Waals surface area contributed by atoms with Crippen LogP contribution < -0.4 is 5.32 Å². The number of carbonyl (C=O) groups is 3. The van der Waals surface area contributed by atoms with Gasteiger partial charge in [-0.1, -0.05) is 25.5 Å².